The summed E-state index contributed by atoms with van der Waals surface area (Å²) < 4.78 is 27.4. The van der Waals surface area contributed by atoms with Gasteiger partial charge in [-0.05, 0) is 19.1 Å². The van der Waals surface area contributed by atoms with Crippen molar-refractivity contribution in [3.05, 3.63) is 23.7 Å². The first-order valence-corrected chi connectivity index (χ1v) is 8.09. The lowest BCUT2D eigenvalue weighted by molar-refractivity contribution is 0.481. The first-order valence-electron chi connectivity index (χ1n) is 4.98. The molecule has 0 aliphatic carbocycles. The van der Waals surface area contributed by atoms with Gasteiger partial charge in [-0.2, -0.15) is 0 Å². The van der Waals surface area contributed by atoms with Crippen molar-refractivity contribution in [1.82, 2.24) is 0 Å². The van der Waals surface area contributed by atoms with E-state index < -0.39 is 9.84 Å². The quantitative estimate of drug-likeness (QED) is 0.839. The zero-order valence-corrected chi connectivity index (χ0v) is 11.1. The average Bonchev–Trinajstić information content (AvgIpc) is 2.58. The Morgan fingerprint density at radius 1 is 1.50 bits per heavy atom. The summed E-state index contributed by atoms with van der Waals surface area (Å²) in [5, 5.41) is 0.0375. The maximum Gasteiger partial charge on any atom is 0.148 e. The van der Waals surface area contributed by atoms with E-state index in [9.17, 15) is 8.42 Å². The van der Waals surface area contributed by atoms with Crippen LogP contribution in [0.25, 0.3) is 0 Å². The van der Waals surface area contributed by atoms with Crippen LogP contribution >= 0.6 is 11.8 Å². The lowest BCUT2D eigenvalue weighted by atomic mass is 10.3. The van der Waals surface area contributed by atoms with Crippen molar-refractivity contribution >= 4 is 21.6 Å². The minimum absolute atomic E-state index is 0.0375. The van der Waals surface area contributed by atoms with Gasteiger partial charge in [0.05, 0.1) is 11.0 Å². The van der Waals surface area contributed by atoms with Crippen molar-refractivity contribution in [2.24, 2.45) is 5.73 Å². The number of hydrogen-bond acceptors (Lipinski definition) is 5. The number of sulfone groups is 1. The maximum atomic E-state index is 11.0. The van der Waals surface area contributed by atoms with Crippen LogP contribution in [0.15, 0.2) is 16.5 Å². The van der Waals surface area contributed by atoms with E-state index >= 15 is 0 Å². The summed E-state index contributed by atoms with van der Waals surface area (Å²) in [5.74, 6) is 2.38. The molecule has 1 unspecified atom stereocenters. The molecule has 0 aromatic carbocycles. The molecule has 0 saturated heterocycles. The van der Waals surface area contributed by atoms with Gasteiger partial charge >= 0.3 is 0 Å². The van der Waals surface area contributed by atoms with Crippen LogP contribution in [0.5, 0.6) is 0 Å². The molecule has 0 amide bonds. The Labute approximate surface area is 101 Å². The number of thioether (sulfide) groups is 1. The molecule has 16 heavy (non-hydrogen) atoms. The lowest BCUT2D eigenvalue weighted by Crippen LogP contribution is -2.12. The van der Waals surface area contributed by atoms with E-state index in [1.807, 2.05) is 19.1 Å². The average molecular weight is 263 g/mol. The molecule has 0 bridgehead atoms. The molecule has 0 saturated carbocycles. The Bertz CT molecular complexity index is 425. The lowest BCUT2D eigenvalue weighted by Gasteiger charge is -2.11. The SMILES string of the molecule is Cc1ccc(C(CN)SCCS(C)(=O)=O)o1. The number of rotatable bonds is 6. The highest BCUT2D eigenvalue weighted by Crippen LogP contribution is 2.28. The third-order valence-corrected chi connectivity index (χ3v) is 4.54. The fourth-order valence-electron chi connectivity index (χ4n) is 1.23. The van der Waals surface area contributed by atoms with E-state index in [4.69, 9.17) is 10.2 Å². The van der Waals surface area contributed by atoms with Gasteiger partial charge in [-0.15, -0.1) is 11.8 Å². The molecule has 0 aliphatic heterocycles. The number of hydrogen-bond donors (Lipinski definition) is 1. The van der Waals surface area contributed by atoms with Crippen molar-refractivity contribution in [3.63, 3.8) is 0 Å². The monoisotopic (exact) mass is 263 g/mol. The smallest absolute Gasteiger partial charge is 0.148 e. The van der Waals surface area contributed by atoms with Crippen LogP contribution in [0.3, 0.4) is 0 Å². The molecule has 92 valence electrons. The minimum Gasteiger partial charge on any atom is -0.465 e. The molecule has 2 N–H and O–H groups in total. The summed E-state index contributed by atoms with van der Waals surface area (Å²) in [5.41, 5.74) is 5.63. The summed E-state index contributed by atoms with van der Waals surface area (Å²) in [6.07, 6.45) is 1.24. The van der Waals surface area contributed by atoms with E-state index in [0.717, 1.165) is 11.5 Å². The molecule has 0 fully saturated rings. The molecular weight excluding hydrogens is 246 g/mol. The highest BCUT2D eigenvalue weighted by molar-refractivity contribution is 8.00. The van der Waals surface area contributed by atoms with Gasteiger partial charge in [-0.1, -0.05) is 0 Å². The fourth-order valence-corrected chi connectivity index (χ4v) is 3.54. The molecule has 1 rings (SSSR count). The van der Waals surface area contributed by atoms with Crippen LogP contribution < -0.4 is 5.73 Å². The molecule has 1 heterocycles. The minimum atomic E-state index is -2.90. The second kappa shape index (κ2) is 5.75. The normalized spacial score (nSPS) is 13.9. The van der Waals surface area contributed by atoms with Gasteiger partial charge < -0.3 is 10.2 Å². The van der Waals surface area contributed by atoms with Crippen LogP contribution in [0, 0.1) is 6.92 Å². The molecule has 0 radical (unpaired) electrons. The molecular formula is C10H17NO3S2. The van der Waals surface area contributed by atoms with Gasteiger partial charge in [-0.25, -0.2) is 8.42 Å². The topological polar surface area (TPSA) is 73.3 Å². The number of aryl methyl sites for hydroxylation is 1. The molecule has 4 nitrogen and oxygen atoms in total. The van der Waals surface area contributed by atoms with Crippen molar-refractivity contribution in [1.29, 1.82) is 0 Å². The molecule has 6 heteroatoms. The van der Waals surface area contributed by atoms with Crippen molar-refractivity contribution in [2.75, 3.05) is 24.3 Å². The van der Waals surface area contributed by atoms with Gasteiger partial charge in [0.25, 0.3) is 0 Å². The number of nitrogens with two attached hydrogens (primary N) is 1. The van der Waals surface area contributed by atoms with Gasteiger partial charge in [0.2, 0.25) is 0 Å². The zero-order chi connectivity index (χ0) is 12.2. The number of furan rings is 1. The van der Waals surface area contributed by atoms with Crippen molar-refractivity contribution in [2.45, 2.75) is 12.2 Å². The standard InChI is InChI=1S/C10H17NO3S2/c1-8-3-4-9(14-8)10(7-11)15-5-6-16(2,12)13/h3-4,10H,5-7,11H2,1-2H3. The maximum absolute atomic E-state index is 11.0. The third-order valence-electron chi connectivity index (χ3n) is 2.07. The Hall–Kier alpha value is -0.460. The van der Waals surface area contributed by atoms with Gasteiger partial charge in [0, 0.05) is 18.6 Å². The Morgan fingerprint density at radius 3 is 2.62 bits per heavy atom. The molecule has 1 aromatic rings. The fraction of sp³-hybridized carbons (Fsp3) is 0.600. The second-order valence-electron chi connectivity index (χ2n) is 3.67. The third kappa shape index (κ3) is 4.59. The first kappa shape index (κ1) is 13.6. The van der Waals surface area contributed by atoms with Gasteiger partial charge in [0.15, 0.2) is 0 Å². The largest absolute Gasteiger partial charge is 0.465 e. The van der Waals surface area contributed by atoms with E-state index in [1.54, 1.807) is 0 Å². The van der Waals surface area contributed by atoms with Crippen molar-refractivity contribution < 1.29 is 12.8 Å². The first-order chi connectivity index (χ1) is 7.42. The Morgan fingerprint density at radius 2 is 2.19 bits per heavy atom. The highest BCUT2D eigenvalue weighted by atomic mass is 32.2. The molecule has 1 aromatic heterocycles. The summed E-state index contributed by atoms with van der Waals surface area (Å²) in [7, 11) is -2.90. The van der Waals surface area contributed by atoms with Crippen LogP contribution in [-0.4, -0.2) is 32.7 Å². The van der Waals surface area contributed by atoms with E-state index in [-0.39, 0.29) is 11.0 Å². The highest BCUT2D eigenvalue weighted by Gasteiger charge is 2.14. The van der Waals surface area contributed by atoms with Crippen LogP contribution in [0.1, 0.15) is 16.8 Å². The molecule has 0 aliphatic rings. The predicted molar refractivity (Wildman–Crippen MR) is 67.4 cm³/mol. The van der Waals surface area contributed by atoms with E-state index in [2.05, 4.69) is 0 Å². The summed E-state index contributed by atoms with van der Waals surface area (Å²) in [4.78, 5) is 0. The Kier molecular flexibility index (Phi) is 4.89. The summed E-state index contributed by atoms with van der Waals surface area (Å²) >= 11 is 1.52. The molecule has 0 spiro atoms. The van der Waals surface area contributed by atoms with Gasteiger partial charge in [0.1, 0.15) is 21.4 Å². The van der Waals surface area contributed by atoms with E-state index in [0.29, 0.717) is 12.3 Å². The van der Waals surface area contributed by atoms with Gasteiger partial charge in [-0.3, -0.25) is 0 Å². The predicted octanol–water partition coefficient (Wildman–Crippen LogP) is 1.37. The van der Waals surface area contributed by atoms with Crippen molar-refractivity contribution in [3.8, 4) is 0 Å². The van der Waals surface area contributed by atoms with Crippen LogP contribution in [0.2, 0.25) is 0 Å². The van der Waals surface area contributed by atoms with Crippen LogP contribution in [-0.2, 0) is 9.84 Å². The Balaban J connectivity index is 2.50. The second-order valence-corrected chi connectivity index (χ2v) is 7.24. The summed E-state index contributed by atoms with van der Waals surface area (Å²) in [6, 6.07) is 3.77. The molecule has 1 atom stereocenters. The van der Waals surface area contributed by atoms with Crippen LogP contribution in [0.4, 0.5) is 0 Å². The summed E-state index contributed by atoms with van der Waals surface area (Å²) in [6.45, 7) is 2.32. The zero-order valence-electron chi connectivity index (χ0n) is 9.47. The van der Waals surface area contributed by atoms with E-state index in [1.165, 1.54) is 18.0 Å².